The summed E-state index contributed by atoms with van der Waals surface area (Å²) < 4.78 is 23.9. The number of amides is 1. The molecule has 3 aromatic rings. The van der Waals surface area contributed by atoms with Gasteiger partial charge in [-0.2, -0.15) is 0 Å². The highest BCUT2D eigenvalue weighted by Gasteiger charge is 2.32. The van der Waals surface area contributed by atoms with E-state index in [-0.39, 0.29) is 28.4 Å². The van der Waals surface area contributed by atoms with Crippen molar-refractivity contribution in [1.82, 2.24) is 4.98 Å². The molecular weight excluding hydrogens is 456 g/mol. The summed E-state index contributed by atoms with van der Waals surface area (Å²) in [5, 5.41) is 3.61. The summed E-state index contributed by atoms with van der Waals surface area (Å²) in [5.74, 6) is 0.407. The van der Waals surface area contributed by atoms with Crippen LogP contribution in [-0.4, -0.2) is 25.1 Å². The molecule has 5 nitrogen and oxygen atoms in total. The fourth-order valence-corrected chi connectivity index (χ4v) is 5.34. The molecule has 1 amide bonds. The number of fused-ring (bicyclic) bond motifs is 1. The highest BCUT2D eigenvalue weighted by Crippen LogP contribution is 2.38. The molecule has 1 atom stereocenters. The molecule has 1 aliphatic rings. The first-order valence-electron chi connectivity index (χ1n) is 11.0. The van der Waals surface area contributed by atoms with Crippen LogP contribution in [0.2, 0.25) is 5.02 Å². The number of halogens is 1. The summed E-state index contributed by atoms with van der Waals surface area (Å²) in [7, 11) is -3.25. The van der Waals surface area contributed by atoms with Crippen LogP contribution in [0.4, 0.5) is 5.82 Å². The summed E-state index contributed by atoms with van der Waals surface area (Å²) in [6.45, 7) is 3.88. The van der Waals surface area contributed by atoms with Gasteiger partial charge < -0.3 is 5.32 Å². The van der Waals surface area contributed by atoms with Gasteiger partial charge in [0, 0.05) is 10.7 Å². The largest absolute Gasteiger partial charge is 0.310 e. The molecule has 4 rings (SSSR count). The Kier molecular flexibility index (Phi) is 6.59. The van der Waals surface area contributed by atoms with Crippen LogP contribution in [0.3, 0.4) is 0 Å². The SMILES string of the molecule is CCS(=O)(=O)c1ccc(CC(=O)Nc2ccc3c(n2)CCC(C)(c2ccc(Cl)cc2)C3)cc1. The van der Waals surface area contributed by atoms with Gasteiger partial charge in [-0.15, -0.1) is 0 Å². The quantitative estimate of drug-likeness (QED) is 0.526. The average Bonchev–Trinajstić information content (AvgIpc) is 2.80. The first-order valence-corrected chi connectivity index (χ1v) is 13.1. The van der Waals surface area contributed by atoms with E-state index in [1.54, 1.807) is 31.2 Å². The molecule has 0 saturated heterocycles. The third-order valence-corrected chi connectivity index (χ3v) is 8.40. The maximum absolute atomic E-state index is 12.5. The smallest absolute Gasteiger partial charge is 0.229 e. The topological polar surface area (TPSA) is 76.1 Å². The van der Waals surface area contributed by atoms with Gasteiger partial charge in [0.1, 0.15) is 5.82 Å². The predicted octanol–water partition coefficient (Wildman–Crippen LogP) is 5.16. The van der Waals surface area contributed by atoms with Crippen molar-refractivity contribution in [3.05, 3.63) is 88.1 Å². The van der Waals surface area contributed by atoms with Crippen LogP contribution < -0.4 is 5.32 Å². The van der Waals surface area contributed by atoms with Crippen molar-refractivity contribution in [1.29, 1.82) is 0 Å². The zero-order chi connectivity index (χ0) is 23.6. The van der Waals surface area contributed by atoms with Crippen molar-refractivity contribution >= 4 is 33.2 Å². The lowest BCUT2D eigenvalue weighted by Gasteiger charge is -2.35. The van der Waals surface area contributed by atoms with Gasteiger partial charge >= 0.3 is 0 Å². The van der Waals surface area contributed by atoms with E-state index < -0.39 is 9.84 Å². The number of aryl methyl sites for hydroxylation is 1. The number of rotatable bonds is 6. The number of carbonyl (C=O) groups is 1. The Morgan fingerprint density at radius 3 is 2.42 bits per heavy atom. The fourth-order valence-electron chi connectivity index (χ4n) is 4.33. The molecule has 2 aromatic carbocycles. The third-order valence-electron chi connectivity index (χ3n) is 6.40. The number of carbonyl (C=O) groups excluding carboxylic acids is 1. The van der Waals surface area contributed by atoms with E-state index in [0.29, 0.717) is 5.82 Å². The number of hydrogen-bond donors (Lipinski definition) is 1. The van der Waals surface area contributed by atoms with E-state index >= 15 is 0 Å². The van der Waals surface area contributed by atoms with Crippen LogP contribution in [0.1, 0.15) is 42.7 Å². The van der Waals surface area contributed by atoms with Crippen molar-refractivity contribution in [3.8, 4) is 0 Å². The van der Waals surface area contributed by atoms with Crippen LogP contribution in [0.5, 0.6) is 0 Å². The Hall–Kier alpha value is -2.70. The standard InChI is InChI=1S/C26H27ClN2O3S/c1-3-33(31,32)22-11-4-18(5-12-22)16-25(30)29-24-13-6-19-17-26(2,15-14-23(19)28-24)20-7-9-21(27)10-8-20/h4-13H,3,14-17H2,1-2H3,(H,28,29,30). The maximum Gasteiger partial charge on any atom is 0.229 e. The summed E-state index contributed by atoms with van der Waals surface area (Å²) in [5.41, 5.74) is 4.27. The van der Waals surface area contributed by atoms with Gasteiger partial charge in [0.25, 0.3) is 0 Å². The maximum atomic E-state index is 12.5. The molecule has 0 saturated carbocycles. The highest BCUT2D eigenvalue weighted by atomic mass is 35.5. The second kappa shape index (κ2) is 9.27. The molecule has 1 N–H and O–H groups in total. The molecule has 33 heavy (non-hydrogen) atoms. The van der Waals surface area contributed by atoms with E-state index in [4.69, 9.17) is 16.6 Å². The Morgan fingerprint density at radius 2 is 1.76 bits per heavy atom. The van der Waals surface area contributed by atoms with Crippen molar-refractivity contribution in [2.75, 3.05) is 11.1 Å². The third kappa shape index (κ3) is 5.28. The van der Waals surface area contributed by atoms with Crippen LogP contribution in [-0.2, 0) is 39.3 Å². The number of hydrogen-bond acceptors (Lipinski definition) is 4. The zero-order valence-electron chi connectivity index (χ0n) is 18.8. The lowest BCUT2D eigenvalue weighted by atomic mass is 9.70. The highest BCUT2D eigenvalue weighted by molar-refractivity contribution is 7.91. The molecule has 0 fully saturated rings. The number of pyridine rings is 1. The van der Waals surface area contributed by atoms with Gasteiger partial charge in [0.05, 0.1) is 17.1 Å². The number of sulfone groups is 1. The molecule has 0 aliphatic heterocycles. The lowest BCUT2D eigenvalue weighted by Crippen LogP contribution is -2.30. The van der Waals surface area contributed by atoms with Gasteiger partial charge in [0.15, 0.2) is 9.84 Å². The second-order valence-electron chi connectivity index (χ2n) is 8.82. The summed E-state index contributed by atoms with van der Waals surface area (Å²) in [6, 6.07) is 18.4. The number of nitrogens with one attached hydrogen (secondary N) is 1. The Labute approximate surface area is 200 Å². The number of nitrogens with zero attached hydrogens (tertiary/aromatic N) is 1. The predicted molar refractivity (Wildman–Crippen MR) is 132 cm³/mol. The van der Waals surface area contributed by atoms with E-state index in [9.17, 15) is 13.2 Å². The minimum atomic E-state index is -3.25. The minimum Gasteiger partial charge on any atom is -0.310 e. The van der Waals surface area contributed by atoms with Crippen molar-refractivity contribution < 1.29 is 13.2 Å². The van der Waals surface area contributed by atoms with E-state index in [0.717, 1.165) is 35.5 Å². The molecule has 1 aromatic heterocycles. The van der Waals surface area contributed by atoms with Crippen LogP contribution in [0.25, 0.3) is 0 Å². The van der Waals surface area contributed by atoms with E-state index in [1.807, 2.05) is 18.2 Å². The minimum absolute atomic E-state index is 0.0292. The average molecular weight is 483 g/mol. The zero-order valence-corrected chi connectivity index (χ0v) is 20.3. The fraction of sp³-hybridized carbons (Fsp3) is 0.308. The Morgan fingerprint density at radius 1 is 1.06 bits per heavy atom. The monoisotopic (exact) mass is 482 g/mol. The molecule has 1 heterocycles. The molecular formula is C26H27ClN2O3S. The van der Waals surface area contributed by atoms with Crippen LogP contribution >= 0.6 is 11.6 Å². The summed E-state index contributed by atoms with van der Waals surface area (Å²) >= 11 is 6.05. The Balaban J connectivity index is 1.41. The van der Waals surface area contributed by atoms with Gasteiger partial charge in [-0.25, -0.2) is 13.4 Å². The van der Waals surface area contributed by atoms with E-state index in [2.05, 4.69) is 30.4 Å². The summed E-state index contributed by atoms with van der Waals surface area (Å²) in [6.07, 6.45) is 2.85. The van der Waals surface area contributed by atoms with Crippen molar-refractivity contribution in [2.45, 2.75) is 49.8 Å². The van der Waals surface area contributed by atoms with Crippen LogP contribution in [0, 0.1) is 0 Å². The summed E-state index contributed by atoms with van der Waals surface area (Å²) in [4.78, 5) is 17.5. The van der Waals surface area contributed by atoms with Gasteiger partial charge in [-0.3, -0.25) is 4.79 Å². The Bertz CT molecular complexity index is 1270. The van der Waals surface area contributed by atoms with Crippen molar-refractivity contribution in [2.24, 2.45) is 0 Å². The molecule has 1 unspecified atom stereocenters. The normalized spacial score (nSPS) is 17.9. The second-order valence-corrected chi connectivity index (χ2v) is 11.5. The molecule has 0 spiro atoms. The molecule has 7 heteroatoms. The lowest BCUT2D eigenvalue weighted by molar-refractivity contribution is -0.115. The van der Waals surface area contributed by atoms with Crippen LogP contribution in [0.15, 0.2) is 65.6 Å². The van der Waals surface area contributed by atoms with Gasteiger partial charge in [-0.05, 0) is 71.7 Å². The number of benzene rings is 2. The number of anilines is 1. The number of aromatic nitrogens is 1. The first kappa shape index (κ1) is 23.5. The van der Waals surface area contributed by atoms with Gasteiger partial charge in [-0.1, -0.05) is 55.8 Å². The molecule has 0 bridgehead atoms. The van der Waals surface area contributed by atoms with E-state index in [1.165, 1.54) is 11.1 Å². The molecule has 172 valence electrons. The molecule has 1 aliphatic carbocycles. The van der Waals surface area contributed by atoms with Gasteiger partial charge in [0.2, 0.25) is 5.91 Å². The van der Waals surface area contributed by atoms with Crippen molar-refractivity contribution in [3.63, 3.8) is 0 Å². The molecule has 0 radical (unpaired) electrons. The first-order chi connectivity index (χ1) is 15.7.